The fourth-order valence-corrected chi connectivity index (χ4v) is 4.35. The molecule has 27 heavy (non-hydrogen) atoms. The van der Waals surface area contributed by atoms with Gasteiger partial charge in [0.1, 0.15) is 6.54 Å². The fraction of sp³-hybridized carbons (Fsp3) is 0.550. The lowest BCUT2D eigenvalue weighted by Gasteiger charge is -2.48. The Morgan fingerprint density at radius 1 is 1.33 bits per heavy atom. The van der Waals surface area contributed by atoms with E-state index in [-0.39, 0.29) is 29.7 Å². The molecule has 0 N–H and O–H groups in total. The number of hydrogen-bond donors (Lipinski definition) is 0. The zero-order valence-electron chi connectivity index (χ0n) is 15.6. The van der Waals surface area contributed by atoms with Gasteiger partial charge in [-0.3, -0.25) is 14.2 Å². The lowest BCUT2D eigenvalue weighted by atomic mass is 9.82. The third kappa shape index (κ3) is 3.37. The number of aromatic nitrogens is 2. The number of rotatable bonds is 3. The maximum atomic E-state index is 12.9. The molecule has 2 saturated heterocycles. The first kappa shape index (κ1) is 18.1. The van der Waals surface area contributed by atoms with Crippen LogP contribution in [-0.4, -0.2) is 58.9 Å². The van der Waals surface area contributed by atoms with Crippen LogP contribution in [0, 0.1) is 0 Å². The molecule has 144 valence electrons. The molecule has 3 heterocycles. The number of piperidine rings is 1. The first-order valence-corrected chi connectivity index (χ1v) is 9.52. The Hall–Kier alpha value is -2.25. The van der Waals surface area contributed by atoms with E-state index < -0.39 is 0 Å². The highest BCUT2D eigenvalue weighted by atomic mass is 16.5. The first-order chi connectivity index (χ1) is 13.1. The number of methoxy groups -OCH3 is 1. The minimum absolute atomic E-state index is 0.0312. The van der Waals surface area contributed by atoms with Crippen molar-refractivity contribution in [2.24, 2.45) is 0 Å². The minimum Gasteiger partial charge on any atom is -0.378 e. The topological polar surface area (TPSA) is 73.7 Å². The molecule has 0 bridgehead atoms. The second-order valence-corrected chi connectivity index (χ2v) is 7.33. The average Bonchev–Trinajstić information content (AvgIpc) is 2.71. The Labute approximate surface area is 157 Å². The van der Waals surface area contributed by atoms with E-state index in [0.29, 0.717) is 24.1 Å². The molecule has 2 aliphatic heterocycles. The van der Waals surface area contributed by atoms with E-state index in [9.17, 15) is 9.59 Å². The summed E-state index contributed by atoms with van der Waals surface area (Å²) in [5, 5.41) is 0. The molecule has 2 aliphatic rings. The smallest absolute Gasteiger partial charge is 0.269 e. The van der Waals surface area contributed by atoms with Gasteiger partial charge in [-0.1, -0.05) is 12.1 Å². The number of amides is 1. The number of carbonyl (C=O) groups is 1. The Morgan fingerprint density at radius 2 is 2.11 bits per heavy atom. The SMILES string of the molecule is CO[C@@H]1CCCOC12CCN(C(=O)Cn1c(=O)cnc3ccccc31)CC2. The van der Waals surface area contributed by atoms with E-state index >= 15 is 0 Å². The van der Waals surface area contributed by atoms with Crippen LogP contribution in [0.5, 0.6) is 0 Å². The molecular formula is C20H25N3O4. The number of carbonyl (C=O) groups excluding carboxylic acids is 1. The van der Waals surface area contributed by atoms with Gasteiger partial charge in [-0.25, -0.2) is 4.98 Å². The third-order valence-electron chi connectivity index (χ3n) is 5.88. The average molecular weight is 371 g/mol. The largest absolute Gasteiger partial charge is 0.378 e. The quantitative estimate of drug-likeness (QED) is 0.819. The zero-order valence-corrected chi connectivity index (χ0v) is 15.6. The highest BCUT2D eigenvalue weighted by molar-refractivity contribution is 5.80. The number of benzene rings is 1. The molecule has 0 unspecified atom stereocenters. The van der Waals surface area contributed by atoms with Crippen LogP contribution in [0.3, 0.4) is 0 Å². The second kappa shape index (κ2) is 7.40. The Balaban J connectivity index is 1.48. The molecule has 0 saturated carbocycles. The van der Waals surface area contributed by atoms with Gasteiger partial charge in [-0.05, 0) is 37.8 Å². The van der Waals surface area contributed by atoms with Gasteiger partial charge in [0.25, 0.3) is 5.56 Å². The van der Waals surface area contributed by atoms with Crippen molar-refractivity contribution in [3.05, 3.63) is 40.8 Å². The van der Waals surface area contributed by atoms with Gasteiger partial charge in [0.15, 0.2) is 0 Å². The maximum Gasteiger partial charge on any atom is 0.269 e. The molecule has 0 radical (unpaired) electrons. The van der Waals surface area contributed by atoms with Gasteiger partial charge in [0.2, 0.25) is 5.91 Å². The minimum atomic E-state index is -0.274. The number of likely N-dealkylation sites (tertiary alicyclic amines) is 1. The number of fused-ring (bicyclic) bond motifs is 1. The van der Waals surface area contributed by atoms with E-state index in [2.05, 4.69) is 4.98 Å². The molecular weight excluding hydrogens is 346 g/mol. The summed E-state index contributed by atoms with van der Waals surface area (Å²) in [7, 11) is 1.74. The third-order valence-corrected chi connectivity index (χ3v) is 5.88. The van der Waals surface area contributed by atoms with Crippen molar-refractivity contribution < 1.29 is 14.3 Å². The lowest BCUT2D eigenvalue weighted by molar-refractivity contribution is -0.188. The van der Waals surface area contributed by atoms with Crippen LogP contribution >= 0.6 is 0 Å². The lowest BCUT2D eigenvalue weighted by Crippen LogP contribution is -2.57. The number of hydrogen-bond acceptors (Lipinski definition) is 5. The number of ether oxygens (including phenoxy) is 2. The van der Waals surface area contributed by atoms with E-state index in [0.717, 1.165) is 32.3 Å². The molecule has 1 aromatic carbocycles. The second-order valence-electron chi connectivity index (χ2n) is 7.33. The van der Waals surface area contributed by atoms with Crippen molar-refractivity contribution in [2.75, 3.05) is 26.8 Å². The highest BCUT2D eigenvalue weighted by Crippen LogP contribution is 2.36. The molecule has 1 aromatic heterocycles. The Morgan fingerprint density at radius 3 is 2.89 bits per heavy atom. The Bertz CT molecular complexity index is 886. The van der Waals surface area contributed by atoms with Crippen LogP contribution in [0.15, 0.2) is 35.3 Å². The fourth-order valence-electron chi connectivity index (χ4n) is 4.35. The van der Waals surface area contributed by atoms with Crippen molar-refractivity contribution in [2.45, 2.75) is 43.9 Å². The van der Waals surface area contributed by atoms with E-state index in [4.69, 9.17) is 9.47 Å². The predicted molar refractivity (Wildman–Crippen MR) is 101 cm³/mol. The van der Waals surface area contributed by atoms with Gasteiger partial charge in [0, 0.05) is 26.8 Å². The van der Waals surface area contributed by atoms with Crippen LogP contribution in [0.2, 0.25) is 0 Å². The molecule has 2 fully saturated rings. The summed E-state index contributed by atoms with van der Waals surface area (Å²) < 4.78 is 13.3. The monoisotopic (exact) mass is 371 g/mol. The summed E-state index contributed by atoms with van der Waals surface area (Å²) in [4.78, 5) is 31.1. The molecule has 0 aliphatic carbocycles. The number of nitrogens with zero attached hydrogens (tertiary/aromatic N) is 3. The zero-order chi connectivity index (χ0) is 18.9. The van der Waals surface area contributed by atoms with Crippen LogP contribution in [-0.2, 0) is 20.8 Å². The van der Waals surface area contributed by atoms with Crippen LogP contribution in [0.4, 0.5) is 0 Å². The van der Waals surface area contributed by atoms with E-state index in [1.807, 2.05) is 29.2 Å². The maximum absolute atomic E-state index is 12.9. The molecule has 7 heteroatoms. The summed E-state index contributed by atoms with van der Waals surface area (Å²) in [6, 6.07) is 7.37. The molecule has 1 atom stereocenters. The van der Waals surface area contributed by atoms with Crippen molar-refractivity contribution in [1.29, 1.82) is 0 Å². The summed E-state index contributed by atoms with van der Waals surface area (Å²) in [5.74, 6) is -0.0481. The summed E-state index contributed by atoms with van der Waals surface area (Å²) >= 11 is 0. The highest BCUT2D eigenvalue weighted by Gasteiger charge is 2.45. The molecule has 4 rings (SSSR count). The van der Waals surface area contributed by atoms with Crippen molar-refractivity contribution >= 4 is 16.9 Å². The first-order valence-electron chi connectivity index (χ1n) is 9.52. The molecule has 7 nitrogen and oxygen atoms in total. The van der Waals surface area contributed by atoms with Crippen LogP contribution in [0.25, 0.3) is 11.0 Å². The summed E-state index contributed by atoms with van der Waals surface area (Å²) in [6.07, 6.45) is 4.92. The van der Waals surface area contributed by atoms with Gasteiger partial charge in [-0.15, -0.1) is 0 Å². The summed E-state index contributed by atoms with van der Waals surface area (Å²) in [6.45, 7) is 2.03. The van der Waals surface area contributed by atoms with Crippen LogP contribution < -0.4 is 5.56 Å². The van der Waals surface area contributed by atoms with Gasteiger partial charge < -0.3 is 14.4 Å². The Kier molecular flexibility index (Phi) is 4.97. The van der Waals surface area contributed by atoms with Gasteiger partial charge in [0.05, 0.1) is 28.9 Å². The van der Waals surface area contributed by atoms with Crippen molar-refractivity contribution in [3.8, 4) is 0 Å². The van der Waals surface area contributed by atoms with Crippen molar-refractivity contribution in [1.82, 2.24) is 14.5 Å². The molecule has 2 aromatic rings. The van der Waals surface area contributed by atoms with Gasteiger partial charge >= 0.3 is 0 Å². The predicted octanol–water partition coefficient (Wildman–Crippen LogP) is 1.58. The summed E-state index contributed by atoms with van der Waals surface area (Å²) in [5.41, 5.74) is 0.859. The van der Waals surface area contributed by atoms with Gasteiger partial charge in [-0.2, -0.15) is 0 Å². The van der Waals surface area contributed by atoms with E-state index in [1.165, 1.54) is 10.8 Å². The van der Waals surface area contributed by atoms with Crippen LogP contribution in [0.1, 0.15) is 25.7 Å². The normalized spacial score (nSPS) is 22.3. The van der Waals surface area contributed by atoms with E-state index in [1.54, 1.807) is 7.11 Å². The molecule has 1 spiro atoms. The number of para-hydroxylation sites is 2. The standard InChI is InChI=1S/C20H25N3O4/c1-26-17-7-4-12-27-20(17)8-10-22(11-9-20)19(25)14-23-16-6-3-2-5-15(16)21-13-18(23)24/h2-3,5-6,13,17H,4,7-12,14H2,1H3/t17-/m1/s1. The molecule has 1 amide bonds. The van der Waals surface area contributed by atoms with Crippen molar-refractivity contribution in [3.63, 3.8) is 0 Å².